The summed E-state index contributed by atoms with van der Waals surface area (Å²) in [6.45, 7) is 0. The molecule has 1 aliphatic rings. The number of anilines is 1. The lowest BCUT2D eigenvalue weighted by Crippen LogP contribution is -2.18. The van der Waals surface area contributed by atoms with E-state index in [-0.39, 0.29) is 5.94 Å². The molecule has 1 saturated carbocycles. The topological polar surface area (TPSA) is 98.1 Å². The van der Waals surface area contributed by atoms with Gasteiger partial charge in [0.25, 0.3) is 0 Å². The molecule has 0 aliphatic heterocycles. The molecule has 0 atom stereocenters. The molecule has 0 spiro atoms. The Hall–Kier alpha value is -2.98. The standard InChI is InChI=1S/C21H21N3O3S/c1-28(25,26)13-27-17-9-10-18-19(12-22)21(14-5-7-15(23)8-6-14)24(20(18)11-17)16-3-2-4-16/h5-11,16H,2-4,13,23H2,1H3. The first-order valence-corrected chi connectivity index (χ1v) is 11.2. The molecule has 1 fully saturated rings. The van der Waals surface area contributed by atoms with Crippen LogP contribution in [0.25, 0.3) is 22.2 Å². The Labute approximate surface area is 164 Å². The van der Waals surface area contributed by atoms with Crippen LogP contribution in [0.5, 0.6) is 5.75 Å². The summed E-state index contributed by atoms with van der Waals surface area (Å²) in [5.41, 5.74) is 9.82. The predicted molar refractivity (Wildman–Crippen MR) is 110 cm³/mol. The maximum atomic E-state index is 11.4. The summed E-state index contributed by atoms with van der Waals surface area (Å²) in [5, 5.41) is 10.7. The average Bonchev–Trinajstić information content (AvgIpc) is 2.92. The van der Waals surface area contributed by atoms with E-state index in [4.69, 9.17) is 10.5 Å². The molecular formula is C21H21N3O3S. The van der Waals surface area contributed by atoms with Crippen LogP contribution >= 0.6 is 0 Å². The summed E-state index contributed by atoms with van der Waals surface area (Å²) >= 11 is 0. The zero-order chi connectivity index (χ0) is 19.9. The molecule has 0 bridgehead atoms. The van der Waals surface area contributed by atoms with E-state index in [9.17, 15) is 13.7 Å². The number of hydrogen-bond acceptors (Lipinski definition) is 5. The zero-order valence-electron chi connectivity index (χ0n) is 15.6. The molecule has 6 nitrogen and oxygen atoms in total. The molecule has 144 valence electrons. The van der Waals surface area contributed by atoms with Crippen molar-refractivity contribution in [1.29, 1.82) is 5.26 Å². The minimum Gasteiger partial charge on any atom is -0.478 e. The van der Waals surface area contributed by atoms with E-state index in [1.54, 1.807) is 6.07 Å². The second kappa shape index (κ2) is 6.88. The first-order chi connectivity index (χ1) is 13.4. The minimum absolute atomic E-state index is 0.308. The van der Waals surface area contributed by atoms with Gasteiger partial charge in [-0.2, -0.15) is 5.26 Å². The van der Waals surface area contributed by atoms with Crippen molar-refractivity contribution in [2.75, 3.05) is 17.9 Å². The fraction of sp³-hybridized carbons (Fsp3) is 0.286. The summed E-state index contributed by atoms with van der Waals surface area (Å²) in [4.78, 5) is 0. The van der Waals surface area contributed by atoms with Crippen LogP contribution < -0.4 is 10.5 Å². The highest BCUT2D eigenvalue weighted by Crippen LogP contribution is 2.43. The maximum Gasteiger partial charge on any atom is 0.188 e. The molecule has 2 N–H and O–H groups in total. The number of ether oxygens (including phenoxy) is 1. The monoisotopic (exact) mass is 395 g/mol. The van der Waals surface area contributed by atoms with Crippen molar-refractivity contribution in [2.45, 2.75) is 25.3 Å². The van der Waals surface area contributed by atoms with Gasteiger partial charge in [0.2, 0.25) is 0 Å². The van der Waals surface area contributed by atoms with Crippen LogP contribution in [-0.4, -0.2) is 25.2 Å². The number of nitriles is 1. The highest BCUT2D eigenvalue weighted by molar-refractivity contribution is 7.90. The molecule has 0 saturated heterocycles. The van der Waals surface area contributed by atoms with Gasteiger partial charge >= 0.3 is 0 Å². The van der Waals surface area contributed by atoms with Crippen LogP contribution in [0.2, 0.25) is 0 Å². The predicted octanol–water partition coefficient (Wildman–Crippen LogP) is 3.87. The molecule has 0 amide bonds. The van der Waals surface area contributed by atoms with Gasteiger partial charge in [0.05, 0.1) is 16.8 Å². The van der Waals surface area contributed by atoms with Gasteiger partial charge in [0, 0.05) is 29.4 Å². The van der Waals surface area contributed by atoms with Gasteiger partial charge in [-0.3, -0.25) is 0 Å². The van der Waals surface area contributed by atoms with Crippen LogP contribution in [0.1, 0.15) is 30.9 Å². The number of sulfone groups is 1. The van der Waals surface area contributed by atoms with Crippen LogP contribution in [-0.2, 0) is 9.84 Å². The maximum absolute atomic E-state index is 11.4. The lowest BCUT2D eigenvalue weighted by molar-refractivity contribution is 0.323. The normalized spacial score (nSPS) is 14.6. The summed E-state index contributed by atoms with van der Waals surface area (Å²) in [6, 6.07) is 15.6. The molecule has 28 heavy (non-hydrogen) atoms. The number of nitrogens with two attached hydrogens (primary N) is 1. The quantitative estimate of drug-likeness (QED) is 0.661. The average molecular weight is 395 g/mol. The molecular weight excluding hydrogens is 374 g/mol. The Balaban J connectivity index is 1.92. The molecule has 1 aromatic heterocycles. The van der Waals surface area contributed by atoms with Gasteiger partial charge < -0.3 is 15.0 Å². The van der Waals surface area contributed by atoms with Crippen molar-refractivity contribution in [3.05, 3.63) is 48.0 Å². The second-order valence-corrected chi connectivity index (χ2v) is 9.37. The lowest BCUT2D eigenvalue weighted by Gasteiger charge is -2.30. The van der Waals surface area contributed by atoms with Crippen LogP contribution in [0.15, 0.2) is 42.5 Å². The summed E-state index contributed by atoms with van der Waals surface area (Å²) < 4.78 is 30.5. The molecule has 0 unspecified atom stereocenters. The highest BCUT2D eigenvalue weighted by atomic mass is 32.2. The van der Waals surface area contributed by atoms with E-state index in [0.29, 0.717) is 23.0 Å². The molecule has 1 aliphatic carbocycles. The fourth-order valence-electron chi connectivity index (χ4n) is 3.62. The van der Waals surface area contributed by atoms with Gasteiger partial charge in [-0.25, -0.2) is 8.42 Å². The number of nitrogen functional groups attached to an aromatic ring is 1. The third-order valence-corrected chi connectivity index (χ3v) is 5.70. The number of fused-ring (bicyclic) bond motifs is 1. The molecule has 7 heteroatoms. The van der Waals surface area contributed by atoms with Gasteiger partial charge in [-0.15, -0.1) is 0 Å². The Kier molecular flexibility index (Phi) is 4.52. The zero-order valence-corrected chi connectivity index (χ0v) is 16.4. The number of benzene rings is 2. The smallest absolute Gasteiger partial charge is 0.188 e. The van der Waals surface area contributed by atoms with Gasteiger partial charge in [0.1, 0.15) is 11.8 Å². The SMILES string of the molecule is CS(=O)(=O)COc1ccc2c(C#N)c(-c3ccc(N)cc3)n(C3CCC3)c2c1. The molecule has 2 aromatic carbocycles. The van der Waals surface area contributed by atoms with Crippen molar-refractivity contribution < 1.29 is 13.2 Å². The molecule has 1 heterocycles. The molecule has 4 rings (SSSR count). The Morgan fingerprint density at radius 3 is 2.50 bits per heavy atom. The van der Waals surface area contributed by atoms with Crippen molar-refractivity contribution in [3.8, 4) is 23.1 Å². The number of rotatable bonds is 5. The van der Waals surface area contributed by atoms with Crippen LogP contribution in [0, 0.1) is 11.3 Å². The highest BCUT2D eigenvalue weighted by Gasteiger charge is 2.28. The van der Waals surface area contributed by atoms with Crippen LogP contribution in [0.3, 0.4) is 0 Å². The van der Waals surface area contributed by atoms with Gasteiger partial charge in [0.15, 0.2) is 15.8 Å². The number of aromatic nitrogens is 1. The third kappa shape index (κ3) is 3.32. The van der Waals surface area contributed by atoms with E-state index in [2.05, 4.69) is 10.6 Å². The third-order valence-electron chi connectivity index (χ3n) is 5.15. The van der Waals surface area contributed by atoms with Gasteiger partial charge in [-0.1, -0.05) is 12.1 Å². The lowest BCUT2D eigenvalue weighted by atomic mass is 9.92. The Morgan fingerprint density at radius 2 is 1.93 bits per heavy atom. The van der Waals surface area contributed by atoms with E-state index in [1.807, 2.05) is 36.4 Å². The van der Waals surface area contributed by atoms with E-state index < -0.39 is 9.84 Å². The largest absolute Gasteiger partial charge is 0.478 e. The summed E-state index contributed by atoms with van der Waals surface area (Å²) in [5.74, 6) is 0.0998. The minimum atomic E-state index is -3.24. The van der Waals surface area contributed by atoms with E-state index in [0.717, 1.165) is 47.7 Å². The van der Waals surface area contributed by atoms with E-state index in [1.165, 1.54) is 0 Å². The van der Waals surface area contributed by atoms with Crippen molar-refractivity contribution in [1.82, 2.24) is 4.57 Å². The molecule has 3 aromatic rings. The second-order valence-electron chi connectivity index (χ2n) is 7.28. The van der Waals surface area contributed by atoms with Crippen LogP contribution in [0.4, 0.5) is 5.69 Å². The number of nitrogens with zero attached hydrogens (tertiary/aromatic N) is 2. The number of hydrogen-bond donors (Lipinski definition) is 1. The van der Waals surface area contributed by atoms with Crippen molar-refractivity contribution in [2.24, 2.45) is 0 Å². The Bertz CT molecular complexity index is 1180. The summed E-state index contributed by atoms with van der Waals surface area (Å²) in [7, 11) is -3.24. The first-order valence-electron chi connectivity index (χ1n) is 9.12. The van der Waals surface area contributed by atoms with Gasteiger partial charge in [-0.05, 0) is 49.1 Å². The Morgan fingerprint density at radius 1 is 1.21 bits per heavy atom. The fourth-order valence-corrected chi connectivity index (χ4v) is 3.97. The van der Waals surface area contributed by atoms with E-state index >= 15 is 0 Å². The summed E-state index contributed by atoms with van der Waals surface area (Å²) in [6.07, 6.45) is 4.38. The van der Waals surface area contributed by atoms with Crippen molar-refractivity contribution in [3.63, 3.8) is 0 Å². The van der Waals surface area contributed by atoms with Crippen molar-refractivity contribution >= 4 is 26.4 Å². The molecule has 0 radical (unpaired) electrons. The first kappa shape index (κ1) is 18.4.